The number of rotatable bonds is 3. The smallest absolute Gasteiger partial charge is 0.312 e. The first-order valence-electron chi connectivity index (χ1n) is 9.07. The molecule has 3 atom stereocenters. The van der Waals surface area contributed by atoms with Gasteiger partial charge in [-0.2, -0.15) is 0 Å². The molecule has 3 heterocycles. The Morgan fingerprint density at radius 3 is 2.58 bits per heavy atom. The molecule has 0 spiro atoms. The van der Waals surface area contributed by atoms with E-state index in [0.29, 0.717) is 6.04 Å². The minimum atomic E-state index is -0.171. The van der Waals surface area contributed by atoms with Crippen LogP contribution in [0.2, 0.25) is 0 Å². The summed E-state index contributed by atoms with van der Waals surface area (Å²) in [4.78, 5) is 31.0. The molecule has 3 amide bonds. The van der Waals surface area contributed by atoms with Gasteiger partial charge < -0.3 is 4.90 Å². The topological polar surface area (TPSA) is 43.9 Å². The van der Waals surface area contributed by atoms with E-state index in [1.165, 1.54) is 5.56 Å². The zero-order chi connectivity index (χ0) is 16.7. The number of benzene rings is 1. The van der Waals surface area contributed by atoms with Gasteiger partial charge >= 0.3 is 6.03 Å². The number of likely N-dealkylation sites (tertiary alicyclic amines) is 1. The van der Waals surface area contributed by atoms with Crippen LogP contribution in [0.5, 0.6) is 0 Å². The molecule has 1 aromatic rings. The van der Waals surface area contributed by atoms with Crippen molar-refractivity contribution in [1.82, 2.24) is 14.7 Å². The van der Waals surface area contributed by atoms with Crippen molar-refractivity contribution in [2.24, 2.45) is 0 Å². The second-order valence-corrected chi connectivity index (χ2v) is 7.33. The van der Waals surface area contributed by atoms with Crippen LogP contribution in [-0.2, 0) is 11.3 Å². The van der Waals surface area contributed by atoms with Crippen molar-refractivity contribution in [1.29, 1.82) is 0 Å². The van der Waals surface area contributed by atoms with Gasteiger partial charge in [0.25, 0.3) is 5.91 Å². The van der Waals surface area contributed by atoms with E-state index in [0.717, 1.165) is 45.3 Å². The third-order valence-corrected chi connectivity index (χ3v) is 5.81. The van der Waals surface area contributed by atoms with E-state index in [9.17, 15) is 9.59 Å². The Morgan fingerprint density at radius 1 is 1.08 bits per heavy atom. The highest BCUT2D eigenvalue weighted by Crippen LogP contribution is 2.32. The summed E-state index contributed by atoms with van der Waals surface area (Å²) in [6.45, 7) is 4.82. The van der Waals surface area contributed by atoms with Crippen molar-refractivity contribution < 1.29 is 9.59 Å². The summed E-state index contributed by atoms with van der Waals surface area (Å²) in [5.41, 5.74) is 1.32. The number of hydrogen-bond acceptors (Lipinski definition) is 3. The van der Waals surface area contributed by atoms with Crippen molar-refractivity contribution in [3.8, 4) is 0 Å². The van der Waals surface area contributed by atoms with Gasteiger partial charge in [-0.1, -0.05) is 30.3 Å². The molecule has 0 unspecified atom stereocenters. The lowest BCUT2D eigenvalue weighted by Gasteiger charge is -2.40. The van der Waals surface area contributed by atoms with Gasteiger partial charge in [0.15, 0.2) is 0 Å². The van der Waals surface area contributed by atoms with E-state index in [-0.39, 0.29) is 24.0 Å². The molecular formula is C19H25N3O2. The van der Waals surface area contributed by atoms with Gasteiger partial charge in [0.1, 0.15) is 6.04 Å². The van der Waals surface area contributed by atoms with Crippen molar-refractivity contribution in [3.05, 3.63) is 35.9 Å². The highest BCUT2D eigenvalue weighted by molar-refractivity contribution is 6.04. The number of amides is 3. The SMILES string of the molecule is C[C@@H]1C[C@@H](N2C(=O)[C@H]3CCCN3C2=O)CCN1Cc1ccccc1. The molecule has 5 heteroatoms. The second-order valence-electron chi connectivity index (χ2n) is 7.33. The lowest BCUT2D eigenvalue weighted by Crippen LogP contribution is -2.51. The molecular weight excluding hydrogens is 302 g/mol. The molecule has 5 nitrogen and oxygen atoms in total. The fourth-order valence-corrected chi connectivity index (χ4v) is 4.46. The van der Waals surface area contributed by atoms with Crippen LogP contribution < -0.4 is 0 Å². The van der Waals surface area contributed by atoms with Crippen LogP contribution in [-0.4, -0.2) is 57.9 Å². The lowest BCUT2D eigenvalue weighted by molar-refractivity contribution is -0.130. The van der Waals surface area contributed by atoms with Gasteiger partial charge in [0.05, 0.1) is 0 Å². The standard InChI is InChI=1S/C19H25N3O2/c1-14-12-16(9-11-20(14)13-15-6-3-2-4-7-15)22-18(23)17-8-5-10-21(17)19(22)24/h2-4,6-7,14,16-17H,5,8-13H2,1H3/t14-,16+,17-/m1/s1. The summed E-state index contributed by atoms with van der Waals surface area (Å²) >= 11 is 0. The predicted molar refractivity (Wildman–Crippen MR) is 91.3 cm³/mol. The molecule has 128 valence electrons. The Labute approximate surface area is 143 Å². The normalized spacial score (nSPS) is 31.0. The minimum absolute atomic E-state index is 0.0452. The number of imide groups is 1. The van der Waals surface area contributed by atoms with E-state index < -0.39 is 0 Å². The average molecular weight is 327 g/mol. The molecule has 4 rings (SSSR count). The molecule has 3 fully saturated rings. The number of fused-ring (bicyclic) bond motifs is 1. The number of hydrogen-bond donors (Lipinski definition) is 0. The fraction of sp³-hybridized carbons (Fsp3) is 0.579. The van der Waals surface area contributed by atoms with Crippen LogP contribution >= 0.6 is 0 Å². The first-order chi connectivity index (χ1) is 11.6. The maximum Gasteiger partial charge on any atom is 0.327 e. The number of urea groups is 1. The molecule has 0 aromatic heterocycles. The van der Waals surface area contributed by atoms with Crippen LogP contribution in [0.25, 0.3) is 0 Å². The Morgan fingerprint density at radius 2 is 1.88 bits per heavy atom. The Hall–Kier alpha value is -1.88. The average Bonchev–Trinajstić information content (AvgIpc) is 3.15. The summed E-state index contributed by atoms with van der Waals surface area (Å²) in [5.74, 6) is 0.0474. The van der Waals surface area contributed by atoms with Crippen molar-refractivity contribution in [2.45, 2.75) is 57.3 Å². The molecule has 24 heavy (non-hydrogen) atoms. The van der Waals surface area contributed by atoms with E-state index in [2.05, 4.69) is 36.1 Å². The van der Waals surface area contributed by atoms with Crippen LogP contribution in [0.3, 0.4) is 0 Å². The second kappa shape index (κ2) is 6.20. The maximum absolute atomic E-state index is 12.6. The van der Waals surface area contributed by atoms with E-state index in [1.807, 2.05) is 6.07 Å². The lowest BCUT2D eigenvalue weighted by atomic mass is 9.96. The van der Waals surface area contributed by atoms with Gasteiger partial charge in [-0.3, -0.25) is 14.6 Å². The van der Waals surface area contributed by atoms with Crippen LogP contribution in [0.1, 0.15) is 38.2 Å². The van der Waals surface area contributed by atoms with E-state index >= 15 is 0 Å². The van der Waals surface area contributed by atoms with Gasteiger partial charge in [-0.15, -0.1) is 0 Å². The molecule has 3 saturated heterocycles. The Balaban J connectivity index is 1.41. The van der Waals surface area contributed by atoms with Crippen molar-refractivity contribution in [2.75, 3.05) is 13.1 Å². The van der Waals surface area contributed by atoms with Crippen LogP contribution in [0.15, 0.2) is 30.3 Å². The van der Waals surface area contributed by atoms with Crippen molar-refractivity contribution >= 4 is 11.9 Å². The molecule has 3 aliphatic heterocycles. The molecule has 0 aliphatic carbocycles. The first-order valence-corrected chi connectivity index (χ1v) is 9.07. The Kier molecular flexibility index (Phi) is 4.04. The molecule has 0 saturated carbocycles. The zero-order valence-electron chi connectivity index (χ0n) is 14.2. The maximum atomic E-state index is 12.6. The summed E-state index contributed by atoms with van der Waals surface area (Å²) < 4.78 is 0. The molecule has 1 aromatic carbocycles. The van der Waals surface area contributed by atoms with Gasteiger partial charge in [-0.25, -0.2) is 4.79 Å². The number of carbonyl (C=O) groups is 2. The number of nitrogens with zero attached hydrogens (tertiary/aromatic N) is 3. The third-order valence-electron chi connectivity index (χ3n) is 5.81. The van der Waals surface area contributed by atoms with Gasteiger partial charge in [-0.05, 0) is 38.2 Å². The minimum Gasteiger partial charge on any atom is -0.312 e. The quantitative estimate of drug-likeness (QED) is 0.801. The Bertz CT molecular complexity index is 611. The number of piperidine rings is 1. The fourth-order valence-electron chi connectivity index (χ4n) is 4.46. The third kappa shape index (κ3) is 2.61. The van der Waals surface area contributed by atoms with Crippen molar-refractivity contribution in [3.63, 3.8) is 0 Å². The number of carbonyl (C=O) groups excluding carboxylic acids is 2. The molecule has 0 N–H and O–H groups in total. The largest absolute Gasteiger partial charge is 0.327 e. The zero-order valence-corrected chi connectivity index (χ0v) is 14.2. The van der Waals surface area contributed by atoms with E-state index in [1.54, 1.807) is 9.80 Å². The summed E-state index contributed by atoms with van der Waals surface area (Å²) in [6.07, 6.45) is 3.56. The first kappa shape index (κ1) is 15.6. The van der Waals surface area contributed by atoms with Crippen LogP contribution in [0.4, 0.5) is 4.79 Å². The van der Waals surface area contributed by atoms with Gasteiger partial charge in [0, 0.05) is 31.7 Å². The molecule has 0 bridgehead atoms. The summed E-state index contributed by atoms with van der Waals surface area (Å²) in [5, 5.41) is 0. The van der Waals surface area contributed by atoms with E-state index in [4.69, 9.17) is 0 Å². The highest BCUT2D eigenvalue weighted by atomic mass is 16.2. The summed E-state index contributed by atoms with van der Waals surface area (Å²) in [6, 6.07) is 10.7. The monoisotopic (exact) mass is 327 g/mol. The molecule has 0 radical (unpaired) electrons. The van der Waals surface area contributed by atoms with Crippen LogP contribution in [0, 0.1) is 0 Å². The summed E-state index contributed by atoms with van der Waals surface area (Å²) in [7, 11) is 0. The highest BCUT2D eigenvalue weighted by Gasteiger charge is 2.50. The van der Waals surface area contributed by atoms with Gasteiger partial charge in [0.2, 0.25) is 0 Å². The predicted octanol–water partition coefficient (Wildman–Crippen LogP) is 2.47. The molecule has 3 aliphatic rings.